The van der Waals surface area contributed by atoms with Gasteiger partial charge in [0.05, 0.1) is 19.8 Å². The Balaban J connectivity index is 1.47. The Bertz CT molecular complexity index is 1390. The van der Waals surface area contributed by atoms with Crippen molar-refractivity contribution < 1.29 is 19.1 Å². The van der Waals surface area contributed by atoms with Crippen LogP contribution in [0.1, 0.15) is 58.9 Å². The summed E-state index contributed by atoms with van der Waals surface area (Å²) in [4.78, 5) is 24.7. The minimum Gasteiger partial charge on any atom is -0.496 e. The number of unbranched alkanes of at least 4 members (excludes halogenated alkanes) is 1. The molecule has 0 bridgehead atoms. The number of nitrogens with zero attached hydrogens (tertiary/aromatic N) is 1. The van der Waals surface area contributed by atoms with Gasteiger partial charge in [0.25, 0.3) is 5.91 Å². The number of nitrogens with one attached hydrogen (secondary N) is 1. The van der Waals surface area contributed by atoms with E-state index in [0.29, 0.717) is 23.6 Å². The van der Waals surface area contributed by atoms with Crippen LogP contribution >= 0.6 is 0 Å². The third-order valence-corrected chi connectivity index (χ3v) is 6.65. The number of methoxy groups -OCH3 is 2. The molecule has 1 heterocycles. The van der Waals surface area contributed by atoms with Crippen molar-refractivity contribution in [2.75, 3.05) is 20.8 Å². The maximum Gasteiger partial charge on any atom is 0.337 e. The average Bonchev–Trinajstić information content (AvgIpc) is 3.29. The van der Waals surface area contributed by atoms with E-state index in [1.165, 1.54) is 12.7 Å². The average molecular weight is 499 g/mol. The van der Waals surface area contributed by atoms with E-state index in [4.69, 9.17) is 9.47 Å². The van der Waals surface area contributed by atoms with Gasteiger partial charge in [-0.15, -0.1) is 0 Å². The molecule has 0 unspecified atom stereocenters. The number of amides is 1. The summed E-state index contributed by atoms with van der Waals surface area (Å²) < 4.78 is 12.7. The predicted molar refractivity (Wildman–Crippen MR) is 147 cm³/mol. The topological polar surface area (TPSA) is 69.6 Å². The zero-order chi connectivity index (χ0) is 26.4. The van der Waals surface area contributed by atoms with Crippen LogP contribution in [-0.4, -0.2) is 37.2 Å². The van der Waals surface area contributed by atoms with Gasteiger partial charge in [-0.2, -0.15) is 0 Å². The number of fused-ring (bicyclic) bond motifs is 1. The first-order valence-electron chi connectivity index (χ1n) is 12.7. The highest BCUT2D eigenvalue weighted by atomic mass is 16.5. The minimum atomic E-state index is -0.363. The van der Waals surface area contributed by atoms with Crippen LogP contribution in [0.5, 0.6) is 5.75 Å². The van der Waals surface area contributed by atoms with E-state index in [1.54, 1.807) is 13.2 Å². The van der Waals surface area contributed by atoms with Crippen LogP contribution in [0.25, 0.3) is 22.0 Å². The molecule has 37 heavy (non-hydrogen) atoms. The Morgan fingerprint density at radius 3 is 2.32 bits per heavy atom. The number of hydrogen-bond acceptors (Lipinski definition) is 4. The summed E-state index contributed by atoms with van der Waals surface area (Å²) in [7, 11) is 3.05. The highest BCUT2D eigenvalue weighted by Gasteiger charge is 2.16. The molecule has 0 aliphatic carbocycles. The van der Waals surface area contributed by atoms with Crippen LogP contribution in [0, 0.1) is 0 Å². The van der Waals surface area contributed by atoms with Gasteiger partial charge in [0.1, 0.15) is 5.75 Å². The molecule has 0 spiro atoms. The van der Waals surface area contributed by atoms with Crippen molar-refractivity contribution in [3.05, 3.63) is 89.6 Å². The molecule has 1 N–H and O–H groups in total. The van der Waals surface area contributed by atoms with E-state index in [-0.39, 0.29) is 11.9 Å². The fraction of sp³-hybridized carbons (Fsp3) is 0.290. The van der Waals surface area contributed by atoms with Crippen molar-refractivity contribution in [1.82, 2.24) is 9.88 Å². The minimum absolute atomic E-state index is 0.0529. The zero-order valence-electron chi connectivity index (χ0n) is 21.9. The Morgan fingerprint density at radius 1 is 0.892 bits per heavy atom. The summed E-state index contributed by atoms with van der Waals surface area (Å²) in [5, 5.41) is 4.06. The van der Waals surface area contributed by atoms with E-state index in [2.05, 4.69) is 29.9 Å². The first-order valence-corrected chi connectivity index (χ1v) is 12.7. The van der Waals surface area contributed by atoms with Gasteiger partial charge in [0.15, 0.2) is 0 Å². The summed E-state index contributed by atoms with van der Waals surface area (Å²) in [5.41, 5.74) is 5.41. The van der Waals surface area contributed by atoms with E-state index >= 15 is 0 Å². The summed E-state index contributed by atoms with van der Waals surface area (Å²) in [6.07, 6.45) is 3.80. The summed E-state index contributed by atoms with van der Waals surface area (Å²) >= 11 is 0. The lowest BCUT2D eigenvalue weighted by molar-refractivity contribution is 0.0600. The smallest absolute Gasteiger partial charge is 0.337 e. The SMILES string of the molecule is COC(=O)c1ccc2c(-c3ccccc3OC)cn(CCCCNC(=O)c3ccc(C(C)C)cc3)c2c1. The Labute approximate surface area is 218 Å². The Morgan fingerprint density at radius 2 is 1.62 bits per heavy atom. The third-order valence-electron chi connectivity index (χ3n) is 6.65. The summed E-state index contributed by atoms with van der Waals surface area (Å²) in [5.74, 6) is 0.817. The maximum absolute atomic E-state index is 12.5. The number of carbonyl (C=O) groups is 2. The number of ether oxygens (including phenoxy) is 2. The van der Waals surface area contributed by atoms with Gasteiger partial charge < -0.3 is 19.4 Å². The first kappa shape index (κ1) is 26.0. The molecule has 0 saturated carbocycles. The molecule has 192 valence electrons. The largest absolute Gasteiger partial charge is 0.496 e. The van der Waals surface area contributed by atoms with Crippen LogP contribution in [-0.2, 0) is 11.3 Å². The molecule has 0 aliphatic rings. The maximum atomic E-state index is 12.5. The molecular weight excluding hydrogens is 464 g/mol. The van der Waals surface area contributed by atoms with Gasteiger partial charge in [-0.3, -0.25) is 4.79 Å². The third kappa shape index (κ3) is 5.85. The fourth-order valence-electron chi connectivity index (χ4n) is 4.53. The van der Waals surface area contributed by atoms with Crippen molar-refractivity contribution in [2.45, 2.75) is 39.2 Å². The molecule has 0 fully saturated rings. The standard InChI is InChI=1S/C31H34N2O4/c1-21(2)22-11-13-23(14-12-22)30(34)32-17-7-8-18-33-20-27(26-9-5-6-10-29(26)36-3)25-16-15-24(19-28(25)33)31(35)37-4/h5-6,9-16,19-21H,7-8,17-18H2,1-4H3,(H,32,34). The fourth-order valence-corrected chi connectivity index (χ4v) is 4.53. The normalized spacial score (nSPS) is 11.1. The van der Waals surface area contributed by atoms with Crippen LogP contribution in [0.2, 0.25) is 0 Å². The molecular formula is C31H34N2O4. The molecule has 1 aromatic heterocycles. The number of benzene rings is 3. The molecule has 4 aromatic rings. The van der Waals surface area contributed by atoms with E-state index in [0.717, 1.165) is 47.2 Å². The van der Waals surface area contributed by atoms with Gasteiger partial charge in [-0.05, 0) is 54.7 Å². The molecule has 1 amide bonds. The number of aryl methyl sites for hydroxylation is 1. The van der Waals surface area contributed by atoms with Crippen molar-refractivity contribution in [1.29, 1.82) is 0 Å². The number of aromatic nitrogens is 1. The lowest BCUT2D eigenvalue weighted by atomic mass is 10.0. The van der Waals surface area contributed by atoms with Gasteiger partial charge in [-0.1, -0.05) is 50.2 Å². The van der Waals surface area contributed by atoms with Crippen LogP contribution < -0.4 is 10.1 Å². The van der Waals surface area contributed by atoms with Gasteiger partial charge in [-0.25, -0.2) is 4.79 Å². The summed E-state index contributed by atoms with van der Waals surface area (Å²) in [6, 6.07) is 21.3. The highest BCUT2D eigenvalue weighted by Crippen LogP contribution is 2.36. The van der Waals surface area contributed by atoms with Crippen molar-refractivity contribution in [3.63, 3.8) is 0 Å². The number of esters is 1. The van der Waals surface area contributed by atoms with Gasteiger partial charge in [0, 0.05) is 46.9 Å². The number of carbonyl (C=O) groups excluding carboxylic acids is 2. The molecule has 4 rings (SSSR count). The molecule has 0 atom stereocenters. The Hall–Kier alpha value is -4.06. The molecule has 3 aromatic carbocycles. The highest BCUT2D eigenvalue weighted by molar-refractivity contribution is 6.01. The molecule has 0 saturated heterocycles. The second-order valence-corrected chi connectivity index (χ2v) is 9.40. The molecule has 6 nitrogen and oxygen atoms in total. The van der Waals surface area contributed by atoms with Crippen molar-refractivity contribution >= 4 is 22.8 Å². The number of rotatable bonds is 10. The number of hydrogen-bond donors (Lipinski definition) is 1. The Kier molecular flexibility index (Phi) is 8.29. The van der Waals surface area contributed by atoms with Gasteiger partial charge >= 0.3 is 5.97 Å². The predicted octanol–water partition coefficient (Wildman–Crippen LogP) is 6.44. The van der Waals surface area contributed by atoms with E-state index in [9.17, 15) is 9.59 Å². The summed E-state index contributed by atoms with van der Waals surface area (Å²) in [6.45, 7) is 5.61. The second-order valence-electron chi connectivity index (χ2n) is 9.40. The van der Waals surface area contributed by atoms with Crippen molar-refractivity contribution in [3.8, 4) is 16.9 Å². The van der Waals surface area contributed by atoms with Gasteiger partial charge in [0.2, 0.25) is 0 Å². The van der Waals surface area contributed by atoms with Crippen LogP contribution in [0.3, 0.4) is 0 Å². The quantitative estimate of drug-likeness (QED) is 0.202. The molecule has 0 aliphatic heterocycles. The van der Waals surface area contributed by atoms with Crippen molar-refractivity contribution in [2.24, 2.45) is 0 Å². The van der Waals surface area contributed by atoms with E-state index < -0.39 is 0 Å². The first-order chi connectivity index (χ1) is 17.9. The van der Waals surface area contributed by atoms with Crippen LogP contribution in [0.15, 0.2) is 72.9 Å². The lowest BCUT2D eigenvalue weighted by Gasteiger charge is -2.09. The zero-order valence-corrected chi connectivity index (χ0v) is 21.9. The molecule has 6 heteroatoms. The van der Waals surface area contributed by atoms with E-state index in [1.807, 2.05) is 60.7 Å². The lowest BCUT2D eigenvalue weighted by Crippen LogP contribution is -2.24. The van der Waals surface area contributed by atoms with Crippen LogP contribution in [0.4, 0.5) is 0 Å². The second kappa shape index (κ2) is 11.8. The molecule has 0 radical (unpaired) electrons. The number of para-hydroxylation sites is 1. The monoisotopic (exact) mass is 498 g/mol.